The summed E-state index contributed by atoms with van der Waals surface area (Å²) in [5.74, 6) is -0.525. The first-order chi connectivity index (χ1) is 10.6. The molecule has 0 spiro atoms. The maximum Gasteiger partial charge on any atom is 0.323 e. The van der Waals surface area contributed by atoms with Gasteiger partial charge in [0.25, 0.3) is 0 Å². The van der Waals surface area contributed by atoms with Crippen LogP contribution in [0.3, 0.4) is 0 Å². The Hall–Kier alpha value is -1.72. The third-order valence-corrected chi connectivity index (χ3v) is 4.53. The number of ether oxygens (including phenoxy) is 1. The van der Waals surface area contributed by atoms with E-state index in [9.17, 15) is 9.59 Å². The zero-order valence-electron chi connectivity index (χ0n) is 12.0. The van der Waals surface area contributed by atoms with Gasteiger partial charge >= 0.3 is 5.97 Å². The Morgan fingerprint density at radius 2 is 2.14 bits per heavy atom. The maximum absolute atomic E-state index is 12.2. The van der Waals surface area contributed by atoms with E-state index in [1.165, 1.54) is 0 Å². The van der Waals surface area contributed by atoms with Crippen molar-refractivity contribution in [3.05, 3.63) is 46.4 Å². The van der Waals surface area contributed by atoms with E-state index >= 15 is 0 Å². The number of benzene rings is 2. The standard InChI is InChI=1S/C17H16BrNO3/c18-14-4-1-3-11-9-12(6-7-13(11)14)16(20)10-22-17(21)15-5-2-8-19-15/h1,3-4,6-7,9,15,19H,2,5,8,10H2. The Balaban J connectivity index is 1.68. The molecule has 1 N–H and O–H groups in total. The van der Waals surface area contributed by atoms with Crippen LogP contribution in [0.15, 0.2) is 40.9 Å². The molecule has 0 saturated carbocycles. The number of fused-ring (bicyclic) bond motifs is 1. The number of nitrogens with one attached hydrogen (secondary N) is 1. The SMILES string of the molecule is O=C(COC(=O)C1CCCN1)c1ccc2c(Br)cccc2c1. The molecule has 3 rings (SSSR count). The summed E-state index contributed by atoms with van der Waals surface area (Å²) in [6.45, 7) is 0.615. The molecule has 1 fully saturated rings. The lowest BCUT2D eigenvalue weighted by Crippen LogP contribution is -2.33. The number of hydrogen-bond acceptors (Lipinski definition) is 4. The van der Waals surface area contributed by atoms with Gasteiger partial charge in [-0.15, -0.1) is 0 Å². The largest absolute Gasteiger partial charge is 0.456 e. The van der Waals surface area contributed by atoms with Crippen LogP contribution in [-0.4, -0.2) is 30.9 Å². The van der Waals surface area contributed by atoms with Crippen LogP contribution in [0.4, 0.5) is 0 Å². The second-order valence-electron chi connectivity index (χ2n) is 5.36. The van der Waals surface area contributed by atoms with Gasteiger partial charge in [-0.2, -0.15) is 0 Å². The summed E-state index contributed by atoms with van der Waals surface area (Å²) < 4.78 is 6.11. The normalized spacial score (nSPS) is 17.6. The molecule has 2 aromatic carbocycles. The number of hydrogen-bond donors (Lipinski definition) is 1. The van der Waals surface area contributed by atoms with E-state index in [0.717, 1.165) is 34.6 Å². The molecule has 2 aromatic rings. The molecule has 1 aliphatic heterocycles. The van der Waals surface area contributed by atoms with Gasteiger partial charge in [-0.1, -0.05) is 40.2 Å². The molecule has 1 heterocycles. The van der Waals surface area contributed by atoms with Gasteiger partial charge in [0.2, 0.25) is 0 Å². The van der Waals surface area contributed by atoms with Crippen molar-refractivity contribution in [3.8, 4) is 0 Å². The van der Waals surface area contributed by atoms with E-state index in [4.69, 9.17) is 4.74 Å². The monoisotopic (exact) mass is 361 g/mol. The summed E-state index contributed by atoms with van der Waals surface area (Å²) in [6.07, 6.45) is 1.74. The molecule has 0 bridgehead atoms. The summed E-state index contributed by atoms with van der Waals surface area (Å²) in [7, 11) is 0. The molecule has 5 heteroatoms. The molecule has 1 unspecified atom stereocenters. The predicted octanol–water partition coefficient (Wildman–Crippen LogP) is 3.08. The summed E-state index contributed by atoms with van der Waals surface area (Å²) in [5.41, 5.74) is 0.554. The highest BCUT2D eigenvalue weighted by molar-refractivity contribution is 9.10. The highest BCUT2D eigenvalue weighted by Crippen LogP contribution is 2.24. The average molecular weight is 362 g/mol. The molecule has 1 aliphatic rings. The van der Waals surface area contributed by atoms with Crippen LogP contribution < -0.4 is 5.32 Å². The minimum atomic E-state index is -0.339. The van der Waals surface area contributed by atoms with Crippen LogP contribution in [0.25, 0.3) is 10.8 Å². The van der Waals surface area contributed by atoms with Crippen LogP contribution in [0.1, 0.15) is 23.2 Å². The van der Waals surface area contributed by atoms with Gasteiger partial charge in [-0.3, -0.25) is 9.59 Å². The van der Waals surface area contributed by atoms with Gasteiger partial charge in [0.1, 0.15) is 6.04 Å². The Morgan fingerprint density at radius 3 is 2.91 bits per heavy atom. The number of rotatable bonds is 4. The van der Waals surface area contributed by atoms with E-state index in [2.05, 4.69) is 21.2 Å². The van der Waals surface area contributed by atoms with Crippen molar-refractivity contribution in [1.82, 2.24) is 5.32 Å². The molecule has 0 amide bonds. The summed E-state index contributed by atoms with van der Waals surface area (Å²) in [4.78, 5) is 24.0. The highest BCUT2D eigenvalue weighted by Gasteiger charge is 2.24. The Morgan fingerprint density at radius 1 is 1.27 bits per heavy atom. The lowest BCUT2D eigenvalue weighted by atomic mass is 10.0. The van der Waals surface area contributed by atoms with Crippen molar-refractivity contribution in [2.24, 2.45) is 0 Å². The second kappa shape index (κ2) is 6.58. The first-order valence-corrected chi connectivity index (χ1v) is 8.06. The molecule has 1 atom stereocenters. The van der Waals surface area contributed by atoms with E-state index in [1.54, 1.807) is 6.07 Å². The van der Waals surface area contributed by atoms with Gasteiger partial charge in [0.15, 0.2) is 12.4 Å². The van der Waals surface area contributed by atoms with Crippen LogP contribution in [0, 0.1) is 0 Å². The van der Waals surface area contributed by atoms with Crippen LogP contribution in [0.5, 0.6) is 0 Å². The molecular formula is C17H16BrNO3. The summed E-state index contributed by atoms with van der Waals surface area (Å²) in [6, 6.07) is 11.0. The minimum absolute atomic E-state index is 0.187. The molecule has 4 nitrogen and oxygen atoms in total. The molecular weight excluding hydrogens is 346 g/mol. The van der Waals surface area contributed by atoms with Crippen molar-refractivity contribution >= 4 is 38.5 Å². The zero-order valence-corrected chi connectivity index (χ0v) is 13.6. The molecule has 22 heavy (non-hydrogen) atoms. The summed E-state index contributed by atoms with van der Waals surface area (Å²) in [5, 5.41) is 5.08. The van der Waals surface area contributed by atoms with Crippen LogP contribution in [0.2, 0.25) is 0 Å². The number of Topliss-reactive ketones (excluding diaryl/α,β-unsaturated/α-hetero) is 1. The molecule has 0 aromatic heterocycles. The molecule has 1 saturated heterocycles. The zero-order chi connectivity index (χ0) is 15.5. The van der Waals surface area contributed by atoms with Crippen LogP contribution >= 0.6 is 15.9 Å². The third kappa shape index (κ3) is 3.20. The van der Waals surface area contributed by atoms with Gasteiger partial charge in [-0.05, 0) is 42.3 Å². The number of esters is 1. The average Bonchev–Trinajstić information content (AvgIpc) is 3.06. The van der Waals surface area contributed by atoms with Gasteiger partial charge < -0.3 is 10.1 Å². The van der Waals surface area contributed by atoms with Gasteiger partial charge in [0, 0.05) is 10.0 Å². The Bertz CT molecular complexity index is 723. The van der Waals surface area contributed by atoms with E-state index < -0.39 is 0 Å². The fraction of sp³-hybridized carbons (Fsp3) is 0.294. The van der Waals surface area contributed by atoms with Crippen molar-refractivity contribution in [1.29, 1.82) is 0 Å². The molecule has 0 radical (unpaired) electrons. The first kappa shape index (κ1) is 15.2. The lowest BCUT2D eigenvalue weighted by molar-refractivity contribution is -0.144. The fourth-order valence-electron chi connectivity index (χ4n) is 2.62. The van der Waals surface area contributed by atoms with Crippen molar-refractivity contribution in [3.63, 3.8) is 0 Å². The quantitative estimate of drug-likeness (QED) is 0.671. The Kier molecular flexibility index (Phi) is 4.55. The first-order valence-electron chi connectivity index (χ1n) is 7.26. The highest BCUT2D eigenvalue weighted by atomic mass is 79.9. The lowest BCUT2D eigenvalue weighted by Gasteiger charge is -2.10. The van der Waals surface area contributed by atoms with Crippen molar-refractivity contribution < 1.29 is 14.3 Å². The number of carbonyl (C=O) groups is 2. The van der Waals surface area contributed by atoms with Crippen molar-refractivity contribution in [2.45, 2.75) is 18.9 Å². The van der Waals surface area contributed by atoms with Gasteiger partial charge in [-0.25, -0.2) is 0 Å². The fourth-order valence-corrected chi connectivity index (χ4v) is 3.14. The molecule has 0 aliphatic carbocycles. The molecule has 114 valence electrons. The van der Waals surface area contributed by atoms with E-state index in [1.807, 2.05) is 30.3 Å². The third-order valence-electron chi connectivity index (χ3n) is 3.84. The smallest absolute Gasteiger partial charge is 0.323 e. The van der Waals surface area contributed by atoms with Crippen LogP contribution in [-0.2, 0) is 9.53 Å². The number of carbonyl (C=O) groups excluding carboxylic acids is 2. The van der Waals surface area contributed by atoms with Crippen molar-refractivity contribution in [2.75, 3.05) is 13.2 Å². The minimum Gasteiger partial charge on any atom is -0.456 e. The number of halogens is 1. The Labute approximate surface area is 137 Å². The van der Waals surface area contributed by atoms with E-state index in [-0.39, 0.29) is 24.4 Å². The second-order valence-corrected chi connectivity index (χ2v) is 6.21. The maximum atomic E-state index is 12.2. The van der Waals surface area contributed by atoms with Gasteiger partial charge in [0.05, 0.1) is 0 Å². The van der Waals surface area contributed by atoms with E-state index in [0.29, 0.717) is 5.56 Å². The predicted molar refractivity (Wildman–Crippen MR) is 88.0 cm³/mol. The number of ketones is 1. The topological polar surface area (TPSA) is 55.4 Å². The summed E-state index contributed by atoms with van der Waals surface area (Å²) >= 11 is 3.48.